The molecule has 0 aromatic heterocycles. The number of hydrogen-bond acceptors (Lipinski definition) is 3. The summed E-state index contributed by atoms with van der Waals surface area (Å²) in [6.45, 7) is 4.04. The summed E-state index contributed by atoms with van der Waals surface area (Å²) >= 11 is 18.3. The zero-order valence-corrected chi connectivity index (χ0v) is 19.6. The summed E-state index contributed by atoms with van der Waals surface area (Å²) in [4.78, 5) is 12.7. The molecule has 0 saturated carbocycles. The lowest BCUT2D eigenvalue weighted by Crippen LogP contribution is -2.14. The van der Waals surface area contributed by atoms with Crippen molar-refractivity contribution >= 4 is 52.5 Å². The van der Waals surface area contributed by atoms with E-state index in [0.717, 1.165) is 16.7 Å². The zero-order chi connectivity index (χ0) is 23.3. The fourth-order valence-corrected chi connectivity index (χ4v) is 3.65. The van der Waals surface area contributed by atoms with Gasteiger partial charge in [-0.3, -0.25) is 4.79 Å². The van der Waals surface area contributed by atoms with Crippen molar-refractivity contribution in [1.29, 1.82) is 5.26 Å². The van der Waals surface area contributed by atoms with Gasteiger partial charge in [-0.1, -0.05) is 58.6 Å². The van der Waals surface area contributed by atoms with Crippen LogP contribution in [-0.2, 0) is 11.4 Å². The summed E-state index contributed by atoms with van der Waals surface area (Å²) in [6, 6.07) is 17.7. The minimum Gasteiger partial charge on any atom is -0.488 e. The number of aryl methyl sites for hydroxylation is 2. The van der Waals surface area contributed by atoms with Crippen molar-refractivity contribution in [2.24, 2.45) is 0 Å². The molecule has 3 rings (SSSR count). The molecule has 0 spiro atoms. The first-order valence-electron chi connectivity index (χ1n) is 9.63. The number of anilines is 1. The second-order valence-corrected chi connectivity index (χ2v) is 8.43. The minimum absolute atomic E-state index is 0.0818. The number of carbonyl (C=O) groups is 1. The third-order valence-corrected chi connectivity index (χ3v) is 5.49. The highest BCUT2D eigenvalue weighted by Gasteiger charge is 2.13. The predicted octanol–water partition coefficient (Wildman–Crippen LogP) is 7.39. The lowest BCUT2D eigenvalue weighted by atomic mass is 10.1. The number of nitrogens with zero attached hydrogens (tertiary/aromatic N) is 1. The summed E-state index contributed by atoms with van der Waals surface area (Å²) in [7, 11) is 0. The molecule has 0 heterocycles. The molecular formula is C25H19Cl3N2O2. The Morgan fingerprint density at radius 3 is 2.44 bits per heavy atom. The van der Waals surface area contributed by atoms with Crippen molar-refractivity contribution in [2.45, 2.75) is 20.5 Å². The van der Waals surface area contributed by atoms with Crippen LogP contribution in [0.25, 0.3) is 6.08 Å². The molecule has 0 radical (unpaired) electrons. The number of benzene rings is 3. The Hall–Kier alpha value is -2.97. The van der Waals surface area contributed by atoms with Gasteiger partial charge in [0, 0.05) is 31.9 Å². The number of carbonyl (C=O) groups excluding carboxylic acids is 1. The van der Waals surface area contributed by atoms with Crippen LogP contribution < -0.4 is 10.1 Å². The average molecular weight is 486 g/mol. The quantitative estimate of drug-likeness (QED) is 0.292. The van der Waals surface area contributed by atoms with Crippen molar-refractivity contribution in [3.05, 3.63) is 97.5 Å². The van der Waals surface area contributed by atoms with Crippen LogP contribution >= 0.6 is 34.8 Å². The maximum Gasteiger partial charge on any atom is 0.266 e. The Kier molecular flexibility index (Phi) is 7.82. The third kappa shape index (κ3) is 6.05. The van der Waals surface area contributed by atoms with Gasteiger partial charge < -0.3 is 10.1 Å². The maximum atomic E-state index is 12.7. The molecule has 0 bridgehead atoms. The van der Waals surface area contributed by atoms with Crippen LogP contribution in [0.2, 0.25) is 15.1 Å². The normalized spacial score (nSPS) is 11.1. The Labute approximate surface area is 202 Å². The van der Waals surface area contributed by atoms with Crippen molar-refractivity contribution in [3.8, 4) is 11.8 Å². The molecule has 0 aliphatic carbocycles. The summed E-state index contributed by atoms with van der Waals surface area (Å²) < 4.78 is 5.90. The number of ether oxygens (including phenoxy) is 1. The molecule has 1 amide bonds. The van der Waals surface area contributed by atoms with E-state index < -0.39 is 5.91 Å². The Balaban J connectivity index is 1.85. The topological polar surface area (TPSA) is 62.1 Å². The van der Waals surface area contributed by atoms with Crippen molar-refractivity contribution < 1.29 is 9.53 Å². The van der Waals surface area contributed by atoms with Gasteiger partial charge in [-0.25, -0.2) is 0 Å². The number of halogens is 3. The first kappa shape index (κ1) is 23.7. The van der Waals surface area contributed by atoms with Crippen LogP contribution in [0.5, 0.6) is 5.75 Å². The highest BCUT2D eigenvalue weighted by molar-refractivity contribution is 6.35. The molecule has 0 fully saturated rings. The van der Waals surface area contributed by atoms with E-state index in [2.05, 4.69) is 5.32 Å². The number of nitriles is 1. The Morgan fingerprint density at radius 1 is 1.03 bits per heavy atom. The third-order valence-electron chi connectivity index (χ3n) is 4.67. The maximum absolute atomic E-state index is 12.7. The monoisotopic (exact) mass is 484 g/mol. The van der Waals surface area contributed by atoms with Crippen LogP contribution in [0.15, 0.2) is 60.2 Å². The van der Waals surface area contributed by atoms with E-state index in [1.165, 1.54) is 6.08 Å². The highest BCUT2D eigenvalue weighted by atomic mass is 35.5. The van der Waals surface area contributed by atoms with E-state index in [1.807, 2.05) is 32.0 Å². The smallest absolute Gasteiger partial charge is 0.266 e. The van der Waals surface area contributed by atoms with Crippen LogP contribution in [0.3, 0.4) is 0 Å². The highest BCUT2D eigenvalue weighted by Crippen LogP contribution is 2.28. The largest absolute Gasteiger partial charge is 0.488 e. The number of nitrogens with one attached hydrogen (secondary N) is 1. The first-order chi connectivity index (χ1) is 15.3. The standard InChI is InChI=1S/C25H19Cl3N2O2/c1-15-3-7-23(16(2)9-15)30-25(31)19(13-29)10-18-11-20(26)6-8-24(18)32-14-17-4-5-21(27)12-22(17)28/h3-12H,14H2,1-2H3,(H,30,31)/b19-10+. The molecule has 3 aromatic rings. The van der Waals surface area contributed by atoms with Gasteiger partial charge in [0.05, 0.1) is 0 Å². The molecule has 0 saturated heterocycles. The lowest BCUT2D eigenvalue weighted by Gasteiger charge is -2.12. The molecular weight excluding hydrogens is 467 g/mol. The number of rotatable bonds is 6. The molecule has 4 nitrogen and oxygen atoms in total. The summed E-state index contributed by atoms with van der Waals surface area (Å²) in [5, 5.41) is 13.8. The van der Waals surface area contributed by atoms with E-state index >= 15 is 0 Å². The van der Waals surface area contributed by atoms with Gasteiger partial charge in [0.15, 0.2) is 0 Å². The molecule has 0 aliphatic heterocycles. The van der Waals surface area contributed by atoms with E-state index in [-0.39, 0.29) is 12.2 Å². The zero-order valence-electron chi connectivity index (χ0n) is 17.4. The molecule has 1 N–H and O–H groups in total. The van der Waals surface area contributed by atoms with E-state index in [4.69, 9.17) is 39.5 Å². The molecule has 0 atom stereocenters. The lowest BCUT2D eigenvalue weighted by molar-refractivity contribution is -0.112. The van der Waals surface area contributed by atoms with Gasteiger partial charge in [-0.05, 0) is 61.9 Å². The van der Waals surface area contributed by atoms with E-state index in [9.17, 15) is 10.1 Å². The van der Waals surface area contributed by atoms with Gasteiger partial charge in [0.25, 0.3) is 5.91 Å². The van der Waals surface area contributed by atoms with Crippen LogP contribution in [0, 0.1) is 25.2 Å². The predicted molar refractivity (Wildman–Crippen MR) is 130 cm³/mol. The Morgan fingerprint density at radius 2 is 1.75 bits per heavy atom. The van der Waals surface area contributed by atoms with E-state index in [0.29, 0.717) is 32.1 Å². The molecule has 32 heavy (non-hydrogen) atoms. The molecule has 0 aliphatic rings. The van der Waals surface area contributed by atoms with Gasteiger partial charge >= 0.3 is 0 Å². The second kappa shape index (κ2) is 10.6. The van der Waals surface area contributed by atoms with Gasteiger partial charge in [0.1, 0.15) is 24.0 Å². The minimum atomic E-state index is -0.522. The van der Waals surface area contributed by atoms with Gasteiger partial charge in [0.2, 0.25) is 0 Å². The fraction of sp³-hybridized carbons (Fsp3) is 0.120. The summed E-state index contributed by atoms with van der Waals surface area (Å²) in [6.07, 6.45) is 1.45. The first-order valence-corrected chi connectivity index (χ1v) is 10.8. The summed E-state index contributed by atoms with van der Waals surface area (Å²) in [5.41, 5.74) is 3.78. The van der Waals surface area contributed by atoms with Crippen molar-refractivity contribution in [3.63, 3.8) is 0 Å². The fourth-order valence-electron chi connectivity index (χ4n) is 3.01. The molecule has 0 unspecified atom stereocenters. The van der Waals surface area contributed by atoms with Crippen molar-refractivity contribution in [1.82, 2.24) is 0 Å². The molecule has 162 valence electrons. The SMILES string of the molecule is Cc1ccc(NC(=O)/C(C#N)=C/c2cc(Cl)ccc2OCc2ccc(Cl)cc2Cl)c(C)c1. The van der Waals surface area contributed by atoms with Crippen molar-refractivity contribution in [2.75, 3.05) is 5.32 Å². The van der Waals surface area contributed by atoms with Crippen LogP contribution in [0.1, 0.15) is 22.3 Å². The van der Waals surface area contributed by atoms with E-state index in [1.54, 1.807) is 42.5 Å². The van der Waals surface area contributed by atoms with Crippen LogP contribution in [-0.4, -0.2) is 5.91 Å². The number of amides is 1. The molecule has 7 heteroatoms. The average Bonchev–Trinajstić information content (AvgIpc) is 2.74. The van der Waals surface area contributed by atoms with Gasteiger partial charge in [-0.15, -0.1) is 0 Å². The van der Waals surface area contributed by atoms with Crippen LogP contribution in [0.4, 0.5) is 5.69 Å². The Bertz CT molecular complexity index is 1250. The number of hydrogen-bond donors (Lipinski definition) is 1. The van der Waals surface area contributed by atoms with Gasteiger partial charge in [-0.2, -0.15) is 5.26 Å². The second-order valence-electron chi connectivity index (χ2n) is 7.15. The summed E-state index contributed by atoms with van der Waals surface area (Å²) in [5.74, 6) is -0.0707. The molecule has 3 aromatic carbocycles.